The largest absolute Gasteiger partial charge is 0.434 e. The summed E-state index contributed by atoms with van der Waals surface area (Å²) in [4.78, 5) is 11.5. The van der Waals surface area contributed by atoms with E-state index in [1.165, 1.54) is 6.07 Å². The van der Waals surface area contributed by atoms with Crippen molar-refractivity contribution < 1.29 is 18.3 Å². The number of alkyl halides is 2. The first-order chi connectivity index (χ1) is 9.47. The van der Waals surface area contributed by atoms with Crippen molar-refractivity contribution in [2.45, 2.75) is 33.3 Å². The molecule has 0 heterocycles. The fourth-order valence-electron chi connectivity index (χ4n) is 1.76. The highest BCUT2D eigenvalue weighted by molar-refractivity contribution is 6.01. The van der Waals surface area contributed by atoms with Crippen LogP contribution < -0.4 is 10.2 Å². The highest BCUT2D eigenvalue weighted by atomic mass is 19.3. The molecule has 4 nitrogen and oxygen atoms in total. The van der Waals surface area contributed by atoms with Gasteiger partial charge in [0.15, 0.2) is 0 Å². The van der Waals surface area contributed by atoms with E-state index in [1.807, 2.05) is 6.92 Å². The molecule has 1 aromatic rings. The lowest BCUT2D eigenvalue weighted by molar-refractivity contribution is -0.122. The van der Waals surface area contributed by atoms with Gasteiger partial charge in [-0.25, -0.2) is 5.43 Å². The van der Waals surface area contributed by atoms with Crippen molar-refractivity contribution in [3.63, 3.8) is 0 Å². The third kappa shape index (κ3) is 3.76. The number of amides is 1. The van der Waals surface area contributed by atoms with Crippen molar-refractivity contribution in [3.05, 3.63) is 29.3 Å². The van der Waals surface area contributed by atoms with Gasteiger partial charge >= 0.3 is 6.61 Å². The average Bonchev–Trinajstić information content (AvgIpc) is 3.21. The second-order valence-corrected chi connectivity index (χ2v) is 4.83. The number of ether oxygens (including phenoxy) is 1. The second-order valence-electron chi connectivity index (χ2n) is 4.83. The number of nitrogens with zero attached hydrogens (tertiary/aromatic N) is 1. The van der Waals surface area contributed by atoms with Gasteiger partial charge in [-0.3, -0.25) is 4.79 Å². The van der Waals surface area contributed by atoms with E-state index < -0.39 is 6.61 Å². The Morgan fingerprint density at radius 3 is 2.75 bits per heavy atom. The molecule has 1 aliphatic rings. The summed E-state index contributed by atoms with van der Waals surface area (Å²) in [6.07, 6.45) is 1.76. The van der Waals surface area contributed by atoms with Crippen molar-refractivity contribution in [3.8, 4) is 5.75 Å². The van der Waals surface area contributed by atoms with Gasteiger partial charge in [0.25, 0.3) is 0 Å². The molecule has 0 aliphatic heterocycles. The van der Waals surface area contributed by atoms with Crippen molar-refractivity contribution in [1.82, 2.24) is 5.43 Å². The number of hydrazone groups is 1. The fraction of sp³-hybridized carbons (Fsp3) is 0.429. The van der Waals surface area contributed by atoms with E-state index in [1.54, 1.807) is 19.1 Å². The Hall–Kier alpha value is -1.98. The van der Waals surface area contributed by atoms with Crippen LogP contribution in [-0.4, -0.2) is 18.2 Å². The monoisotopic (exact) mass is 282 g/mol. The molecule has 0 aromatic heterocycles. The Morgan fingerprint density at radius 1 is 1.45 bits per heavy atom. The predicted molar refractivity (Wildman–Crippen MR) is 70.9 cm³/mol. The SMILES string of the molecule is C/C(=N/NC(=O)C1CC1)c1cc(C)ccc1OC(F)F. The molecule has 0 unspecified atom stereocenters. The number of rotatable bonds is 5. The maximum atomic E-state index is 12.4. The van der Waals surface area contributed by atoms with Gasteiger partial charge in [-0.05, 0) is 38.8 Å². The first-order valence-corrected chi connectivity index (χ1v) is 6.37. The molecule has 0 saturated heterocycles. The molecule has 1 saturated carbocycles. The predicted octanol–water partition coefficient (Wildman–Crippen LogP) is 2.85. The van der Waals surface area contributed by atoms with Gasteiger partial charge in [0.1, 0.15) is 5.75 Å². The van der Waals surface area contributed by atoms with E-state index >= 15 is 0 Å². The Balaban J connectivity index is 2.17. The number of carbonyl (C=O) groups is 1. The molecule has 6 heteroatoms. The van der Waals surface area contributed by atoms with Crippen molar-refractivity contribution in [1.29, 1.82) is 0 Å². The Kier molecular flexibility index (Phi) is 4.32. The molecule has 2 rings (SSSR count). The summed E-state index contributed by atoms with van der Waals surface area (Å²) >= 11 is 0. The average molecular weight is 282 g/mol. The van der Waals surface area contributed by atoms with Crippen LogP contribution in [0.4, 0.5) is 8.78 Å². The van der Waals surface area contributed by atoms with E-state index in [0.717, 1.165) is 18.4 Å². The minimum atomic E-state index is -2.90. The topological polar surface area (TPSA) is 50.7 Å². The standard InChI is InChI=1S/C14H16F2N2O2/c1-8-3-6-12(20-14(15)16)11(7-8)9(2)17-18-13(19)10-4-5-10/h3,6-7,10,14H,4-5H2,1-2H3,(H,18,19)/b17-9-. The number of halogens is 2. The molecule has 0 radical (unpaired) electrons. The Bertz CT molecular complexity index is 540. The second kappa shape index (κ2) is 5.98. The molecular formula is C14H16F2N2O2. The normalized spacial score (nSPS) is 15.3. The lowest BCUT2D eigenvalue weighted by Gasteiger charge is -2.11. The first kappa shape index (κ1) is 14.4. The number of nitrogens with one attached hydrogen (secondary N) is 1. The van der Waals surface area contributed by atoms with Gasteiger partial charge < -0.3 is 4.74 Å². The quantitative estimate of drug-likeness (QED) is 0.667. The van der Waals surface area contributed by atoms with Crippen LogP contribution in [-0.2, 0) is 4.79 Å². The van der Waals surface area contributed by atoms with E-state index in [9.17, 15) is 13.6 Å². The van der Waals surface area contributed by atoms with Gasteiger partial charge in [0, 0.05) is 11.5 Å². The molecule has 108 valence electrons. The van der Waals surface area contributed by atoms with E-state index in [4.69, 9.17) is 0 Å². The minimum Gasteiger partial charge on any atom is -0.434 e. The van der Waals surface area contributed by atoms with Gasteiger partial charge in [0.05, 0.1) is 5.71 Å². The molecule has 0 atom stereocenters. The third-order valence-corrected chi connectivity index (χ3v) is 3.02. The van der Waals surface area contributed by atoms with Crippen LogP contribution in [0.5, 0.6) is 5.75 Å². The number of hydrogen-bond donors (Lipinski definition) is 1. The maximum absolute atomic E-state index is 12.4. The van der Waals surface area contributed by atoms with Crippen LogP contribution in [0.2, 0.25) is 0 Å². The van der Waals surface area contributed by atoms with Crippen LogP contribution in [0.25, 0.3) is 0 Å². The zero-order valence-corrected chi connectivity index (χ0v) is 11.3. The lowest BCUT2D eigenvalue weighted by atomic mass is 10.1. The zero-order valence-electron chi connectivity index (χ0n) is 11.3. The van der Waals surface area contributed by atoms with E-state index in [0.29, 0.717) is 11.3 Å². The van der Waals surface area contributed by atoms with Crippen LogP contribution in [0.15, 0.2) is 23.3 Å². The smallest absolute Gasteiger partial charge is 0.387 e. The number of hydrogen-bond acceptors (Lipinski definition) is 3. The van der Waals surface area contributed by atoms with E-state index in [2.05, 4.69) is 15.3 Å². The molecule has 1 fully saturated rings. The summed E-state index contributed by atoms with van der Waals surface area (Å²) in [6, 6.07) is 4.84. The summed E-state index contributed by atoms with van der Waals surface area (Å²) in [7, 11) is 0. The molecule has 20 heavy (non-hydrogen) atoms. The highest BCUT2D eigenvalue weighted by Crippen LogP contribution is 2.28. The van der Waals surface area contributed by atoms with Crippen LogP contribution in [0.3, 0.4) is 0 Å². The Labute approximate surface area is 115 Å². The zero-order chi connectivity index (χ0) is 14.7. The molecular weight excluding hydrogens is 266 g/mol. The van der Waals surface area contributed by atoms with Crippen molar-refractivity contribution in [2.24, 2.45) is 11.0 Å². The Morgan fingerprint density at radius 2 is 2.15 bits per heavy atom. The van der Waals surface area contributed by atoms with Gasteiger partial charge in [-0.15, -0.1) is 0 Å². The van der Waals surface area contributed by atoms with Gasteiger partial charge in [-0.2, -0.15) is 13.9 Å². The molecule has 1 aliphatic carbocycles. The minimum absolute atomic E-state index is 0.0424. The van der Waals surface area contributed by atoms with E-state index in [-0.39, 0.29) is 17.6 Å². The van der Waals surface area contributed by atoms with Crippen molar-refractivity contribution >= 4 is 11.6 Å². The summed E-state index contributed by atoms with van der Waals surface area (Å²) in [6.45, 7) is 0.580. The highest BCUT2D eigenvalue weighted by Gasteiger charge is 2.29. The summed E-state index contributed by atoms with van der Waals surface area (Å²) in [5, 5.41) is 3.96. The third-order valence-electron chi connectivity index (χ3n) is 3.02. The summed E-state index contributed by atoms with van der Waals surface area (Å²) < 4.78 is 29.2. The molecule has 1 amide bonds. The van der Waals surface area contributed by atoms with Crippen molar-refractivity contribution in [2.75, 3.05) is 0 Å². The first-order valence-electron chi connectivity index (χ1n) is 6.37. The van der Waals surface area contributed by atoms with Crippen LogP contribution in [0, 0.1) is 12.8 Å². The maximum Gasteiger partial charge on any atom is 0.387 e. The van der Waals surface area contributed by atoms with Crippen LogP contribution in [0.1, 0.15) is 30.9 Å². The molecule has 0 spiro atoms. The fourth-order valence-corrected chi connectivity index (χ4v) is 1.76. The molecule has 0 bridgehead atoms. The number of benzene rings is 1. The molecule has 1 N–H and O–H groups in total. The van der Waals surface area contributed by atoms with Gasteiger partial charge in [-0.1, -0.05) is 11.6 Å². The number of aryl methyl sites for hydroxylation is 1. The summed E-state index contributed by atoms with van der Waals surface area (Å²) in [5.74, 6) is -0.0401. The summed E-state index contributed by atoms with van der Waals surface area (Å²) in [5.41, 5.74) is 4.22. The lowest BCUT2D eigenvalue weighted by Crippen LogP contribution is -2.21. The van der Waals surface area contributed by atoms with Crippen LogP contribution >= 0.6 is 0 Å². The molecule has 1 aromatic carbocycles. The number of carbonyl (C=O) groups excluding carboxylic acids is 1. The van der Waals surface area contributed by atoms with Gasteiger partial charge in [0.2, 0.25) is 5.91 Å².